The number of rotatable bonds is 6. The molecule has 1 aromatic rings. The Morgan fingerprint density at radius 2 is 1.74 bits per heavy atom. The van der Waals surface area contributed by atoms with Crippen LogP contribution in [0.1, 0.15) is 45.2 Å². The molecule has 0 aromatic heterocycles. The summed E-state index contributed by atoms with van der Waals surface area (Å²) in [6, 6.07) is 6.74. The number of fused-ring (bicyclic) bond motifs is 1. The Bertz CT molecular complexity index is 402. The summed E-state index contributed by atoms with van der Waals surface area (Å²) in [7, 11) is 0. The maximum atomic E-state index is 5.69. The molecule has 0 radical (unpaired) electrons. The fourth-order valence-corrected chi connectivity index (χ4v) is 2.79. The quantitative estimate of drug-likeness (QED) is 0.851. The molecule has 1 atom stereocenters. The molecule has 1 aliphatic rings. The fraction of sp³-hybridized carbons (Fsp3) is 0.625. The molecule has 0 bridgehead atoms. The summed E-state index contributed by atoms with van der Waals surface area (Å²) in [4.78, 5) is 0. The predicted octanol–water partition coefficient (Wildman–Crippen LogP) is 3.54. The molecule has 1 aliphatic heterocycles. The van der Waals surface area contributed by atoms with E-state index in [1.807, 2.05) is 6.07 Å². The molecule has 0 spiro atoms. The molecule has 0 saturated carbocycles. The van der Waals surface area contributed by atoms with E-state index in [0.717, 1.165) is 18.0 Å². The first-order valence-electron chi connectivity index (χ1n) is 7.43. The number of hydrogen-bond acceptors (Lipinski definition) is 3. The van der Waals surface area contributed by atoms with Crippen molar-refractivity contribution < 1.29 is 9.47 Å². The molecule has 3 heteroatoms. The molecule has 0 saturated heterocycles. The van der Waals surface area contributed by atoms with Crippen LogP contribution in [0.3, 0.4) is 0 Å². The lowest BCUT2D eigenvalue weighted by Gasteiger charge is -2.28. The van der Waals surface area contributed by atoms with Crippen molar-refractivity contribution in [3.63, 3.8) is 0 Å². The SMILES string of the molecule is CCNC(c1ccc2c(c1)OCCO2)C(CC)CC. The summed E-state index contributed by atoms with van der Waals surface area (Å²) in [6.45, 7) is 8.96. The van der Waals surface area contributed by atoms with Crippen LogP contribution in [0.15, 0.2) is 18.2 Å². The van der Waals surface area contributed by atoms with Gasteiger partial charge in [0.2, 0.25) is 0 Å². The van der Waals surface area contributed by atoms with Crippen molar-refractivity contribution in [2.45, 2.75) is 39.7 Å². The van der Waals surface area contributed by atoms with Crippen molar-refractivity contribution in [2.24, 2.45) is 5.92 Å². The van der Waals surface area contributed by atoms with Crippen LogP contribution in [0.25, 0.3) is 0 Å². The first-order valence-corrected chi connectivity index (χ1v) is 7.43. The van der Waals surface area contributed by atoms with Crippen molar-refractivity contribution in [1.29, 1.82) is 0 Å². The second-order valence-electron chi connectivity index (χ2n) is 5.02. The zero-order valence-corrected chi connectivity index (χ0v) is 12.2. The van der Waals surface area contributed by atoms with Gasteiger partial charge in [0.25, 0.3) is 0 Å². The standard InChI is InChI=1S/C16H25NO2/c1-4-12(5-2)16(17-6-3)13-7-8-14-15(11-13)19-10-9-18-14/h7-8,11-12,16-17H,4-6,9-10H2,1-3H3. The van der Waals surface area contributed by atoms with Gasteiger partial charge in [0, 0.05) is 6.04 Å². The van der Waals surface area contributed by atoms with Crippen LogP contribution in [-0.4, -0.2) is 19.8 Å². The zero-order valence-electron chi connectivity index (χ0n) is 12.2. The second kappa shape index (κ2) is 6.80. The van der Waals surface area contributed by atoms with Crippen molar-refractivity contribution in [3.8, 4) is 11.5 Å². The van der Waals surface area contributed by atoms with E-state index >= 15 is 0 Å². The lowest BCUT2D eigenvalue weighted by molar-refractivity contribution is 0.171. The molecule has 19 heavy (non-hydrogen) atoms. The minimum atomic E-state index is 0.399. The summed E-state index contributed by atoms with van der Waals surface area (Å²) in [6.07, 6.45) is 2.37. The van der Waals surface area contributed by atoms with Crippen molar-refractivity contribution in [1.82, 2.24) is 5.32 Å². The molecular weight excluding hydrogens is 238 g/mol. The van der Waals surface area contributed by atoms with Gasteiger partial charge in [-0.15, -0.1) is 0 Å². The molecule has 1 N–H and O–H groups in total. The molecule has 2 rings (SSSR count). The van der Waals surface area contributed by atoms with Gasteiger partial charge in [-0.25, -0.2) is 0 Å². The van der Waals surface area contributed by atoms with E-state index in [9.17, 15) is 0 Å². The average Bonchev–Trinajstić information content (AvgIpc) is 2.47. The Morgan fingerprint density at radius 1 is 1.05 bits per heavy atom. The lowest BCUT2D eigenvalue weighted by atomic mass is 9.88. The predicted molar refractivity (Wildman–Crippen MR) is 77.9 cm³/mol. The van der Waals surface area contributed by atoms with Gasteiger partial charge in [0.1, 0.15) is 13.2 Å². The average molecular weight is 263 g/mol. The minimum absolute atomic E-state index is 0.399. The van der Waals surface area contributed by atoms with Gasteiger partial charge in [-0.1, -0.05) is 39.7 Å². The summed E-state index contributed by atoms with van der Waals surface area (Å²) < 4.78 is 11.3. The van der Waals surface area contributed by atoms with Crippen LogP contribution < -0.4 is 14.8 Å². The van der Waals surface area contributed by atoms with Gasteiger partial charge in [-0.05, 0) is 30.2 Å². The summed E-state index contributed by atoms with van der Waals surface area (Å²) in [5.74, 6) is 2.41. The molecule has 1 heterocycles. The second-order valence-corrected chi connectivity index (χ2v) is 5.02. The largest absolute Gasteiger partial charge is 0.486 e. The third-order valence-corrected chi connectivity index (χ3v) is 3.87. The molecule has 0 aliphatic carbocycles. The third-order valence-electron chi connectivity index (χ3n) is 3.87. The van der Waals surface area contributed by atoms with Gasteiger partial charge in [-0.3, -0.25) is 0 Å². The normalized spacial score (nSPS) is 15.6. The molecule has 1 unspecified atom stereocenters. The maximum Gasteiger partial charge on any atom is 0.161 e. The number of nitrogens with one attached hydrogen (secondary N) is 1. The van der Waals surface area contributed by atoms with Crippen LogP contribution in [0, 0.1) is 5.92 Å². The first-order chi connectivity index (χ1) is 9.30. The topological polar surface area (TPSA) is 30.5 Å². The van der Waals surface area contributed by atoms with E-state index in [2.05, 4.69) is 38.2 Å². The Hall–Kier alpha value is -1.22. The van der Waals surface area contributed by atoms with Gasteiger partial charge in [0.05, 0.1) is 0 Å². The third kappa shape index (κ3) is 3.21. The summed E-state index contributed by atoms with van der Waals surface area (Å²) in [5.41, 5.74) is 1.31. The number of ether oxygens (including phenoxy) is 2. The highest BCUT2D eigenvalue weighted by Crippen LogP contribution is 2.35. The highest BCUT2D eigenvalue weighted by atomic mass is 16.6. The van der Waals surface area contributed by atoms with E-state index in [4.69, 9.17) is 9.47 Å². The Labute approximate surface area is 116 Å². The zero-order chi connectivity index (χ0) is 13.7. The maximum absolute atomic E-state index is 5.69. The van der Waals surface area contributed by atoms with Crippen molar-refractivity contribution in [2.75, 3.05) is 19.8 Å². The molecule has 106 valence electrons. The highest BCUT2D eigenvalue weighted by Gasteiger charge is 2.21. The van der Waals surface area contributed by atoms with Crippen LogP contribution in [0.5, 0.6) is 11.5 Å². The molecule has 3 nitrogen and oxygen atoms in total. The fourth-order valence-electron chi connectivity index (χ4n) is 2.79. The number of benzene rings is 1. The van der Waals surface area contributed by atoms with Crippen LogP contribution in [0.2, 0.25) is 0 Å². The molecule has 1 aromatic carbocycles. The van der Waals surface area contributed by atoms with Crippen LogP contribution in [0.4, 0.5) is 0 Å². The van der Waals surface area contributed by atoms with E-state index in [1.54, 1.807) is 0 Å². The van der Waals surface area contributed by atoms with Crippen molar-refractivity contribution in [3.05, 3.63) is 23.8 Å². The monoisotopic (exact) mass is 263 g/mol. The summed E-state index contributed by atoms with van der Waals surface area (Å²) >= 11 is 0. The highest BCUT2D eigenvalue weighted by molar-refractivity contribution is 5.44. The van der Waals surface area contributed by atoms with Gasteiger partial charge < -0.3 is 14.8 Å². The van der Waals surface area contributed by atoms with Gasteiger partial charge in [-0.2, -0.15) is 0 Å². The Morgan fingerprint density at radius 3 is 2.37 bits per heavy atom. The molecule has 0 fully saturated rings. The summed E-state index contributed by atoms with van der Waals surface area (Å²) in [5, 5.41) is 3.61. The van der Waals surface area contributed by atoms with Gasteiger partial charge >= 0.3 is 0 Å². The lowest BCUT2D eigenvalue weighted by Crippen LogP contribution is -2.28. The van der Waals surface area contributed by atoms with E-state index in [-0.39, 0.29) is 0 Å². The van der Waals surface area contributed by atoms with Crippen LogP contribution in [-0.2, 0) is 0 Å². The van der Waals surface area contributed by atoms with Gasteiger partial charge in [0.15, 0.2) is 11.5 Å². The minimum Gasteiger partial charge on any atom is -0.486 e. The smallest absolute Gasteiger partial charge is 0.161 e. The first kappa shape index (κ1) is 14.2. The number of hydrogen-bond donors (Lipinski definition) is 1. The van der Waals surface area contributed by atoms with E-state index in [0.29, 0.717) is 25.2 Å². The molecular formula is C16H25NO2. The molecule has 0 amide bonds. The Kier molecular flexibility index (Phi) is 5.08. The van der Waals surface area contributed by atoms with E-state index < -0.39 is 0 Å². The van der Waals surface area contributed by atoms with Crippen LogP contribution >= 0.6 is 0 Å². The van der Waals surface area contributed by atoms with Crippen molar-refractivity contribution >= 4 is 0 Å². The van der Waals surface area contributed by atoms with E-state index in [1.165, 1.54) is 18.4 Å². The Balaban J connectivity index is 2.25.